The van der Waals surface area contributed by atoms with Gasteiger partial charge in [-0.3, -0.25) is 0 Å². The Kier molecular flexibility index (Phi) is 7.11. The second-order valence-electron chi connectivity index (χ2n) is 6.26. The van der Waals surface area contributed by atoms with Gasteiger partial charge in [-0.25, -0.2) is 0 Å². The van der Waals surface area contributed by atoms with E-state index in [0.29, 0.717) is 17.9 Å². The maximum atomic E-state index is 3.45. The van der Waals surface area contributed by atoms with Gasteiger partial charge in [0.25, 0.3) is 0 Å². The predicted octanol–water partition coefficient (Wildman–Crippen LogP) is 3.56. The van der Waals surface area contributed by atoms with Gasteiger partial charge >= 0.3 is 0 Å². The molecule has 0 fully saturated rings. The summed E-state index contributed by atoms with van der Waals surface area (Å²) in [6, 6.07) is 11.2. The molecule has 0 radical (unpaired) electrons. The molecule has 1 aromatic rings. The van der Waals surface area contributed by atoms with E-state index in [1.807, 2.05) is 0 Å². The molecular formula is C17H30N2. The smallest absolute Gasteiger partial charge is 0.0446 e. The second-order valence-corrected chi connectivity index (χ2v) is 6.26. The second kappa shape index (κ2) is 8.34. The Morgan fingerprint density at radius 3 is 1.84 bits per heavy atom. The van der Waals surface area contributed by atoms with Crippen LogP contribution >= 0.6 is 0 Å². The van der Waals surface area contributed by atoms with Gasteiger partial charge in [-0.15, -0.1) is 0 Å². The summed E-state index contributed by atoms with van der Waals surface area (Å²) in [5.74, 6) is 1.43. The lowest BCUT2D eigenvalue weighted by atomic mass is 10.0. The highest BCUT2D eigenvalue weighted by atomic mass is 15.1. The fourth-order valence-corrected chi connectivity index (χ4v) is 2.56. The molecule has 19 heavy (non-hydrogen) atoms. The van der Waals surface area contributed by atoms with Crippen LogP contribution in [0.25, 0.3) is 0 Å². The van der Waals surface area contributed by atoms with Gasteiger partial charge in [-0.05, 0) is 24.4 Å². The van der Waals surface area contributed by atoms with E-state index in [9.17, 15) is 0 Å². The first-order chi connectivity index (χ1) is 9.02. The fraction of sp³-hybridized carbons (Fsp3) is 0.647. The molecular weight excluding hydrogens is 232 g/mol. The molecule has 0 bridgehead atoms. The largest absolute Gasteiger partial charge is 0.312 e. The number of benzene rings is 1. The molecule has 1 atom stereocenters. The van der Waals surface area contributed by atoms with Crippen LogP contribution in [0.5, 0.6) is 0 Å². The van der Waals surface area contributed by atoms with Gasteiger partial charge in [0.05, 0.1) is 0 Å². The first kappa shape index (κ1) is 16.2. The van der Waals surface area contributed by atoms with E-state index < -0.39 is 0 Å². The van der Waals surface area contributed by atoms with E-state index in [0.717, 1.165) is 6.54 Å². The molecule has 1 unspecified atom stereocenters. The number of hydrogen-bond donors (Lipinski definition) is 1. The molecule has 0 saturated carbocycles. The molecule has 0 spiro atoms. The van der Waals surface area contributed by atoms with Crippen molar-refractivity contribution in [1.82, 2.24) is 10.2 Å². The Hall–Kier alpha value is -0.860. The van der Waals surface area contributed by atoms with Crippen molar-refractivity contribution < 1.29 is 0 Å². The van der Waals surface area contributed by atoms with Crippen LogP contribution in [0.3, 0.4) is 0 Å². The molecule has 0 heterocycles. The molecule has 0 aliphatic carbocycles. The Balaban J connectivity index is 2.69. The minimum absolute atomic E-state index is 0.415. The Bertz CT molecular complexity index is 322. The van der Waals surface area contributed by atoms with Crippen LogP contribution < -0.4 is 5.32 Å². The van der Waals surface area contributed by atoms with Gasteiger partial charge in [0.15, 0.2) is 0 Å². The quantitative estimate of drug-likeness (QED) is 0.770. The number of rotatable bonds is 8. The van der Waals surface area contributed by atoms with Crippen molar-refractivity contribution in [3.8, 4) is 0 Å². The van der Waals surface area contributed by atoms with Crippen molar-refractivity contribution >= 4 is 0 Å². The van der Waals surface area contributed by atoms with Gasteiger partial charge in [0.2, 0.25) is 0 Å². The van der Waals surface area contributed by atoms with Crippen molar-refractivity contribution in [2.75, 3.05) is 26.7 Å². The average Bonchev–Trinajstić information content (AvgIpc) is 2.35. The fourth-order valence-electron chi connectivity index (χ4n) is 2.56. The van der Waals surface area contributed by atoms with Crippen molar-refractivity contribution in [2.24, 2.45) is 11.8 Å². The summed E-state index contributed by atoms with van der Waals surface area (Å²) in [7, 11) is 2.06. The summed E-state index contributed by atoms with van der Waals surface area (Å²) in [4.78, 5) is 2.59. The zero-order valence-electron chi connectivity index (χ0n) is 13.2. The monoisotopic (exact) mass is 262 g/mol. The molecule has 0 saturated heterocycles. The van der Waals surface area contributed by atoms with Crippen LogP contribution in [0.4, 0.5) is 0 Å². The van der Waals surface area contributed by atoms with Crippen molar-refractivity contribution in [3.05, 3.63) is 35.9 Å². The number of nitrogens with one attached hydrogen (secondary N) is 1. The van der Waals surface area contributed by atoms with E-state index >= 15 is 0 Å². The summed E-state index contributed by atoms with van der Waals surface area (Å²) < 4.78 is 0. The molecule has 2 nitrogen and oxygen atoms in total. The summed E-state index contributed by atoms with van der Waals surface area (Å²) >= 11 is 0. The lowest BCUT2D eigenvalue weighted by molar-refractivity contribution is 0.200. The highest BCUT2D eigenvalue weighted by Gasteiger charge is 2.16. The Labute approximate surface area is 119 Å². The lowest BCUT2D eigenvalue weighted by Crippen LogP contribution is -2.38. The first-order valence-corrected chi connectivity index (χ1v) is 7.47. The van der Waals surface area contributed by atoms with Crippen LogP contribution in [0.2, 0.25) is 0 Å². The third kappa shape index (κ3) is 6.22. The molecule has 0 aliphatic rings. The predicted molar refractivity (Wildman–Crippen MR) is 84.4 cm³/mol. The molecule has 108 valence electrons. The minimum Gasteiger partial charge on any atom is -0.312 e. The number of nitrogens with zero attached hydrogens (tertiary/aromatic N) is 1. The van der Waals surface area contributed by atoms with Crippen LogP contribution in [0.1, 0.15) is 39.3 Å². The Morgan fingerprint density at radius 2 is 1.42 bits per heavy atom. The third-order valence-electron chi connectivity index (χ3n) is 3.24. The summed E-state index contributed by atoms with van der Waals surface area (Å²) in [6.07, 6.45) is 0. The lowest BCUT2D eigenvalue weighted by Gasteiger charge is -2.30. The Morgan fingerprint density at radius 1 is 0.895 bits per heavy atom. The van der Waals surface area contributed by atoms with Gasteiger partial charge in [0.1, 0.15) is 0 Å². The zero-order chi connectivity index (χ0) is 14.3. The van der Waals surface area contributed by atoms with Crippen molar-refractivity contribution in [2.45, 2.75) is 33.7 Å². The summed E-state index contributed by atoms with van der Waals surface area (Å²) in [6.45, 7) is 12.6. The van der Waals surface area contributed by atoms with E-state index in [-0.39, 0.29) is 0 Å². The summed E-state index contributed by atoms with van der Waals surface area (Å²) in [5, 5.41) is 3.45. The van der Waals surface area contributed by atoms with Gasteiger partial charge in [0, 0.05) is 25.7 Å². The highest BCUT2D eigenvalue weighted by molar-refractivity contribution is 5.19. The standard InChI is InChI=1S/C17H30N2/c1-14(2)11-19(12-15(3)4)13-17(18-5)16-9-7-6-8-10-16/h6-10,14-15,17-18H,11-13H2,1-5H3. The van der Waals surface area contributed by atoms with Crippen LogP contribution in [-0.2, 0) is 0 Å². The molecule has 0 aromatic heterocycles. The van der Waals surface area contributed by atoms with Gasteiger partial charge < -0.3 is 10.2 Å². The van der Waals surface area contributed by atoms with Gasteiger partial charge in [-0.1, -0.05) is 58.0 Å². The molecule has 1 rings (SSSR count). The van der Waals surface area contributed by atoms with Crippen molar-refractivity contribution in [1.29, 1.82) is 0 Å². The van der Waals surface area contributed by atoms with Crippen LogP contribution in [0, 0.1) is 11.8 Å². The first-order valence-electron chi connectivity index (χ1n) is 7.47. The van der Waals surface area contributed by atoms with E-state index in [4.69, 9.17) is 0 Å². The number of likely N-dealkylation sites (N-methyl/N-ethyl adjacent to an activating group) is 1. The molecule has 1 aromatic carbocycles. The molecule has 1 N–H and O–H groups in total. The normalized spacial score (nSPS) is 13.5. The topological polar surface area (TPSA) is 15.3 Å². The molecule has 0 aliphatic heterocycles. The van der Waals surface area contributed by atoms with Crippen LogP contribution in [-0.4, -0.2) is 31.6 Å². The third-order valence-corrected chi connectivity index (χ3v) is 3.24. The molecule has 2 heteroatoms. The van der Waals surface area contributed by atoms with Crippen molar-refractivity contribution in [3.63, 3.8) is 0 Å². The van der Waals surface area contributed by atoms with E-state index in [2.05, 4.69) is 75.3 Å². The summed E-state index contributed by atoms with van der Waals surface area (Å²) in [5.41, 5.74) is 1.38. The zero-order valence-corrected chi connectivity index (χ0v) is 13.2. The van der Waals surface area contributed by atoms with Crippen LogP contribution in [0.15, 0.2) is 30.3 Å². The molecule has 0 amide bonds. The van der Waals surface area contributed by atoms with Gasteiger partial charge in [-0.2, -0.15) is 0 Å². The number of hydrogen-bond acceptors (Lipinski definition) is 2. The SMILES string of the molecule is CNC(CN(CC(C)C)CC(C)C)c1ccccc1. The maximum absolute atomic E-state index is 3.45. The van der Waals surface area contributed by atoms with E-state index in [1.165, 1.54) is 18.7 Å². The maximum Gasteiger partial charge on any atom is 0.0446 e. The minimum atomic E-state index is 0.415. The average molecular weight is 262 g/mol. The van der Waals surface area contributed by atoms with E-state index in [1.54, 1.807) is 0 Å². The highest BCUT2D eigenvalue weighted by Crippen LogP contribution is 2.15.